The standard InChI is InChI=1S/C15H32N2O/c1-4-7-11-17(12-14-9-8-10-16-14)13-15(18,5-2)6-3/h14,16,18H,4-13H2,1-3H3. The fourth-order valence-corrected chi connectivity index (χ4v) is 2.73. The van der Waals surface area contributed by atoms with Crippen LogP contribution in [0.1, 0.15) is 59.3 Å². The summed E-state index contributed by atoms with van der Waals surface area (Å²) in [5, 5.41) is 14.1. The lowest BCUT2D eigenvalue weighted by atomic mass is 9.96. The Morgan fingerprint density at radius 3 is 2.50 bits per heavy atom. The number of nitrogens with one attached hydrogen (secondary N) is 1. The molecule has 108 valence electrons. The van der Waals surface area contributed by atoms with Crippen molar-refractivity contribution in [1.82, 2.24) is 10.2 Å². The first kappa shape index (κ1) is 15.9. The molecule has 0 amide bonds. The normalized spacial score (nSPS) is 20.8. The van der Waals surface area contributed by atoms with Crippen molar-refractivity contribution in [2.24, 2.45) is 0 Å². The van der Waals surface area contributed by atoms with E-state index in [4.69, 9.17) is 0 Å². The minimum atomic E-state index is -0.494. The van der Waals surface area contributed by atoms with Crippen LogP contribution >= 0.6 is 0 Å². The predicted octanol–water partition coefficient (Wildman–Crippen LogP) is 2.39. The Balaban J connectivity index is 2.47. The van der Waals surface area contributed by atoms with Crippen molar-refractivity contribution in [2.75, 3.05) is 26.2 Å². The van der Waals surface area contributed by atoms with Gasteiger partial charge >= 0.3 is 0 Å². The quantitative estimate of drug-likeness (QED) is 0.665. The molecule has 1 saturated heterocycles. The first-order valence-corrected chi connectivity index (χ1v) is 7.81. The summed E-state index contributed by atoms with van der Waals surface area (Å²) in [6.07, 6.45) is 6.76. The molecule has 0 bridgehead atoms. The number of nitrogens with zero attached hydrogens (tertiary/aromatic N) is 1. The number of hydrogen-bond acceptors (Lipinski definition) is 3. The lowest BCUT2D eigenvalue weighted by Crippen LogP contribution is -2.47. The minimum absolute atomic E-state index is 0.494. The van der Waals surface area contributed by atoms with Crippen molar-refractivity contribution in [3.63, 3.8) is 0 Å². The molecule has 0 radical (unpaired) electrons. The molecule has 1 rings (SSSR count). The van der Waals surface area contributed by atoms with E-state index >= 15 is 0 Å². The zero-order chi connectivity index (χ0) is 13.4. The summed E-state index contributed by atoms with van der Waals surface area (Å²) in [5.74, 6) is 0. The zero-order valence-corrected chi connectivity index (χ0v) is 12.5. The maximum Gasteiger partial charge on any atom is 0.0768 e. The van der Waals surface area contributed by atoms with Crippen molar-refractivity contribution >= 4 is 0 Å². The Morgan fingerprint density at radius 2 is 2.00 bits per heavy atom. The Hall–Kier alpha value is -0.120. The van der Waals surface area contributed by atoms with Crippen molar-refractivity contribution in [2.45, 2.75) is 70.9 Å². The average molecular weight is 256 g/mol. The molecule has 1 fully saturated rings. The van der Waals surface area contributed by atoms with Crippen LogP contribution in [-0.2, 0) is 0 Å². The molecule has 1 heterocycles. The lowest BCUT2D eigenvalue weighted by molar-refractivity contribution is -0.00542. The first-order valence-electron chi connectivity index (χ1n) is 7.81. The summed E-state index contributed by atoms with van der Waals surface area (Å²) in [4.78, 5) is 2.47. The second-order valence-corrected chi connectivity index (χ2v) is 5.81. The Kier molecular flexibility index (Phi) is 7.20. The Bertz CT molecular complexity index is 211. The zero-order valence-electron chi connectivity index (χ0n) is 12.5. The van der Waals surface area contributed by atoms with Gasteiger partial charge in [-0.15, -0.1) is 0 Å². The highest BCUT2D eigenvalue weighted by Crippen LogP contribution is 2.18. The van der Waals surface area contributed by atoms with Crippen molar-refractivity contribution in [1.29, 1.82) is 0 Å². The van der Waals surface area contributed by atoms with Crippen LogP contribution in [-0.4, -0.2) is 47.8 Å². The van der Waals surface area contributed by atoms with Gasteiger partial charge in [-0.2, -0.15) is 0 Å². The number of hydrogen-bond donors (Lipinski definition) is 2. The molecule has 0 aromatic carbocycles. The van der Waals surface area contributed by atoms with E-state index in [9.17, 15) is 5.11 Å². The van der Waals surface area contributed by atoms with Gasteiger partial charge < -0.3 is 10.4 Å². The van der Waals surface area contributed by atoms with E-state index in [1.807, 2.05) is 0 Å². The smallest absolute Gasteiger partial charge is 0.0768 e. The number of unbranched alkanes of at least 4 members (excludes halogenated alkanes) is 1. The number of aliphatic hydroxyl groups is 1. The molecule has 18 heavy (non-hydrogen) atoms. The van der Waals surface area contributed by atoms with Crippen LogP contribution in [0.15, 0.2) is 0 Å². The van der Waals surface area contributed by atoms with Crippen LogP contribution in [0.2, 0.25) is 0 Å². The van der Waals surface area contributed by atoms with Crippen molar-refractivity contribution < 1.29 is 5.11 Å². The van der Waals surface area contributed by atoms with Gasteiger partial charge in [0.1, 0.15) is 0 Å². The summed E-state index contributed by atoms with van der Waals surface area (Å²) in [6.45, 7) is 10.6. The summed E-state index contributed by atoms with van der Waals surface area (Å²) >= 11 is 0. The predicted molar refractivity (Wildman–Crippen MR) is 77.9 cm³/mol. The van der Waals surface area contributed by atoms with Crippen LogP contribution in [0.4, 0.5) is 0 Å². The van der Waals surface area contributed by atoms with Crippen LogP contribution in [0.5, 0.6) is 0 Å². The van der Waals surface area contributed by atoms with Crippen molar-refractivity contribution in [3.05, 3.63) is 0 Å². The highest BCUT2D eigenvalue weighted by molar-refractivity contribution is 4.84. The second kappa shape index (κ2) is 8.13. The van der Waals surface area contributed by atoms with Crippen molar-refractivity contribution in [3.8, 4) is 0 Å². The van der Waals surface area contributed by atoms with Gasteiger partial charge in [0.15, 0.2) is 0 Å². The van der Waals surface area contributed by atoms with Gasteiger partial charge in [-0.3, -0.25) is 4.90 Å². The highest BCUT2D eigenvalue weighted by atomic mass is 16.3. The van der Waals surface area contributed by atoms with Gasteiger partial charge in [-0.1, -0.05) is 27.2 Å². The van der Waals surface area contributed by atoms with Gasteiger partial charge in [0, 0.05) is 19.1 Å². The number of rotatable bonds is 9. The topological polar surface area (TPSA) is 35.5 Å². The van der Waals surface area contributed by atoms with E-state index in [2.05, 4.69) is 31.0 Å². The molecule has 1 aliphatic rings. The molecular weight excluding hydrogens is 224 g/mol. The average Bonchev–Trinajstić information content (AvgIpc) is 2.88. The molecule has 1 aliphatic heterocycles. The molecule has 1 atom stereocenters. The summed E-state index contributed by atoms with van der Waals surface area (Å²) in [6, 6.07) is 0.639. The molecule has 3 heteroatoms. The van der Waals surface area contributed by atoms with Gasteiger partial charge in [-0.25, -0.2) is 0 Å². The van der Waals surface area contributed by atoms with Crippen LogP contribution in [0, 0.1) is 0 Å². The molecule has 3 nitrogen and oxygen atoms in total. The van der Waals surface area contributed by atoms with Gasteiger partial charge in [-0.05, 0) is 45.2 Å². The van der Waals surface area contributed by atoms with E-state index in [-0.39, 0.29) is 0 Å². The Labute approximate surface area is 113 Å². The van der Waals surface area contributed by atoms with Gasteiger partial charge in [0.2, 0.25) is 0 Å². The molecule has 2 N–H and O–H groups in total. The Morgan fingerprint density at radius 1 is 1.28 bits per heavy atom. The largest absolute Gasteiger partial charge is 0.389 e. The minimum Gasteiger partial charge on any atom is -0.389 e. The fraction of sp³-hybridized carbons (Fsp3) is 1.00. The van der Waals surface area contributed by atoms with Crippen LogP contribution < -0.4 is 5.32 Å². The molecule has 0 aromatic heterocycles. The maximum atomic E-state index is 10.5. The maximum absolute atomic E-state index is 10.5. The molecule has 0 aromatic rings. The van der Waals surface area contributed by atoms with E-state index in [1.165, 1.54) is 25.7 Å². The molecule has 0 saturated carbocycles. The van der Waals surface area contributed by atoms with E-state index in [0.29, 0.717) is 6.04 Å². The van der Waals surface area contributed by atoms with Crippen LogP contribution in [0.3, 0.4) is 0 Å². The third-order valence-electron chi connectivity index (χ3n) is 4.30. The first-order chi connectivity index (χ1) is 8.63. The fourth-order valence-electron chi connectivity index (χ4n) is 2.73. The summed E-state index contributed by atoms with van der Waals surface area (Å²) in [7, 11) is 0. The van der Waals surface area contributed by atoms with E-state index < -0.39 is 5.60 Å². The summed E-state index contributed by atoms with van der Waals surface area (Å²) < 4.78 is 0. The van der Waals surface area contributed by atoms with E-state index in [1.54, 1.807) is 0 Å². The molecule has 0 aliphatic carbocycles. The molecule has 1 unspecified atom stereocenters. The SMILES string of the molecule is CCCCN(CC1CCCN1)CC(O)(CC)CC. The summed E-state index contributed by atoms with van der Waals surface area (Å²) in [5.41, 5.74) is -0.494. The van der Waals surface area contributed by atoms with Gasteiger partial charge in [0.25, 0.3) is 0 Å². The van der Waals surface area contributed by atoms with Crippen LogP contribution in [0.25, 0.3) is 0 Å². The monoisotopic (exact) mass is 256 g/mol. The third-order valence-corrected chi connectivity index (χ3v) is 4.30. The molecular formula is C15H32N2O. The third kappa shape index (κ3) is 5.25. The molecule has 0 spiro atoms. The lowest BCUT2D eigenvalue weighted by Gasteiger charge is -2.34. The van der Waals surface area contributed by atoms with E-state index in [0.717, 1.165) is 39.0 Å². The highest BCUT2D eigenvalue weighted by Gasteiger charge is 2.27. The second-order valence-electron chi connectivity index (χ2n) is 5.81. The van der Waals surface area contributed by atoms with Gasteiger partial charge in [0.05, 0.1) is 5.60 Å².